The number of hydrogen-bond donors (Lipinski definition) is 3. The third-order valence-electron chi connectivity index (χ3n) is 14.5. The van der Waals surface area contributed by atoms with E-state index in [-0.39, 0.29) is 54.8 Å². The first-order chi connectivity index (χ1) is 30.7. The molecule has 0 radical (unpaired) electrons. The monoisotopic (exact) mass is 914 g/mol. The first-order valence-electron chi connectivity index (χ1n) is 23.9. The summed E-state index contributed by atoms with van der Waals surface area (Å²) in [6.45, 7) is 12.7. The summed E-state index contributed by atoms with van der Waals surface area (Å²) >= 11 is 0. The number of hydrogen-bond acceptors (Lipinski definition) is 13. The Morgan fingerprint density at radius 1 is 0.846 bits per heavy atom. The molecule has 3 aliphatic heterocycles. The van der Waals surface area contributed by atoms with Gasteiger partial charge >= 0.3 is 5.97 Å². The van der Waals surface area contributed by atoms with Gasteiger partial charge < -0.3 is 43.9 Å². The average Bonchev–Trinajstić information content (AvgIpc) is 3.28. The number of esters is 1. The number of Topliss-reactive ketones (excluding diaryl/α,β-unsaturated/α-hetero) is 3. The Balaban J connectivity index is 1.70. The van der Waals surface area contributed by atoms with Gasteiger partial charge in [-0.05, 0) is 107 Å². The number of allylic oxidation sites excluding steroid dienone is 6. The quantitative estimate of drug-likeness (QED) is 0.156. The van der Waals surface area contributed by atoms with Crippen LogP contribution < -0.4 is 0 Å². The first kappa shape index (κ1) is 54.2. The second-order valence-electron chi connectivity index (χ2n) is 19.6. The molecule has 14 nitrogen and oxygen atoms in total. The van der Waals surface area contributed by atoms with E-state index >= 15 is 0 Å². The van der Waals surface area contributed by atoms with Crippen LogP contribution in [0.25, 0.3) is 0 Å². The van der Waals surface area contributed by atoms with Gasteiger partial charge in [-0.15, -0.1) is 0 Å². The van der Waals surface area contributed by atoms with E-state index in [0.29, 0.717) is 63.4 Å². The molecule has 2 saturated heterocycles. The number of ketones is 3. The van der Waals surface area contributed by atoms with Crippen LogP contribution >= 0.6 is 0 Å². The lowest BCUT2D eigenvalue weighted by molar-refractivity contribution is -0.265. The summed E-state index contributed by atoms with van der Waals surface area (Å²) in [4.78, 5) is 71.8. The van der Waals surface area contributed by atoms with E-state index in [0.717, 1.165) is 12.0 Å². The minimum absolute atomic E-state index is 0.0193. The van der Waals surface area contributed by atoms with Crippen molar-refractivity contribution in [1.82, 2.24) is 4.90 Å². The summed E-state index contributed by atoms with van der Waals surface area (Å²) < 4.78 is 29.4. The molecule has 3 fully saturated rings. The van der Waals surface area contributed by atoms with E-state index in [1.165, 1.54) is 12.0 Å². The molecule has 14 heteroatoms. The molecule has 6 unspecified atom stereocenters. The van der Waals surface area contributed by atoms with Crippen molar-refractivity contribution in [2.24, 2.45) is 35.5 Å². The van der Waals surface area contributed by atoms with Crippen molar-refractivity contribution in [1.29, 1.82) is 0 Å². The van der Waals surface area contributed by atoms with Crippen molar-refractivity contribution in [3.8, 4) is 0 Å². The van der Waals surface area contributed by atoms with E-state index < -0.39 is 83.9 Å². The van der Waals surface area contributed by atoms with E-state index in [1.807, 2.05) is 58.1 Å². The fraction of sp³-hybridized carbons (Fsp3) is 0.745. The number of amides is 1. The van der Waals surface area contributed by atoms with E-state index in [9.17, 15) is 39.3 Å². The van der Waals surface area contributed by atoms with Gasteiger partial charge in [0.1, 0.15) is 30.1 Å². The highest BCUT2D eigenvalue weighted by Crippen LogP contribution is 2.38. The molecule has 0 aromatic carbocycles. The third-order valence-corrected chi connectivity index (χ3v) is 14.5. The van der Waals surface area contributed by atoms with Crippen molar-refractivity contribution < 1.29 is 63.0 Å². The lowest BCUT2D eigenvalue weighted by Gasteiger charge is -2.42. The van der Waals surface area contributed by atoms with Crippen LogP contribution in [0.5, 0.6) is 0 Å². The van der Waals surface area contributed by atoms with E-state index in [1.54, 1.807) is 41.1 Å². The number of cyclic esters (lactones) is 1. The molecule has 4 rings (SSSR count). The van der Waals surface area contributed by atoms with Crippen LogP contribution in [0.15, 0.2) is 47.6 Å². The van der Waals surface area contributed by atoms with Crippen LogP contribution in [0.4, 0.5) is 0 Å². The summed E-state index contributed by atoms with van der Waals surface area (Å²) in [5, 5.41) is 33.8. The molecule has 15 atom stereocenters. The highest BCUT2D eigenvalue weighted by Gasteiger charge is 2.53. The van der Waals surface area contributed by atoms with Crippen molar-refractivity contribution >= 4 is 29.2 Å². The van der Waals surface area contributed by atoms with Gasteiger partial charge in [-0.1, -0.05) is 71.1 Å². The Kier molecular flexibility index (Phi) is 21.0. The highest BCUT2D eigenvalue weighted by molar-refractivity contribution is 6.39. The van der Waals surface area contributed by atoms with Gasteiger partial charge in [0.2, 0.25) is 5.79 Å². The van der Waals surface area contributed by atoms with Gasteiger partial charge in [-0.2, -0.15) is 0 Å². The van der Waals surface area contributed by atoms with Gasteiger partial charge in [0.15, 0.2) is 5.78 Å². The molecule has 0 aromatic rings. The molecule has 4 aliphatic rings. The SMILES string of the molecule is CO[C@H]1C[C@@H]2CCC(C)C(O)(O2)C(=O)C(=O)N2CCCCC2C(=O)O[C@H]([C@H](C)C[C@@H]2CCC(O)[C@H](OC)C2)CC(=O)[C@H](C)/C=C(\C)C(O)[C@@H](OC)C(=O)C(C)C[C@H](C)/C=C/C=CC=C1C. The van der Waals surface area contributed by atoms with Gasteiger partial charge in [0.05, 0.1) is 24.4 Å². The van der Waals surface area contributed by atoms with Crippen molar-refractivity contribution in [2.75, 3.05) is 27.9 Å². The summed E-state index contributed by atoms with van der Waals surface area (Å²) in [5.74, 6) is -7.96. The molecule has 65 heavy (non-hydrogen) atoms. The number of fused-ring (bicyclic) bond motifs is 3. The first-order valence-corrected chi connectivity index (χ1v) is 23.9. The maximum Gasteiger partial charge on any atom is 0.329 e. The van der Waals surface area contributed by atoms with Crippen molar-refractivity contribution in [2.45, 2.75) is 180 Å². The molecule has 1 aliphatic carbocycles. The number of piperidine rings is 1. The van der Waals surface area contributed by atoms with E-state index in [2.05, 4.69) is 0 Å². The molecule has 1 amide bonds. The zero-order valence-electron chi connectivity index (χ0n) is 40.6. The maximum absolute atomic E-state index is 14.4. The fourth-order valence-corrected chi connectivity index (χ4v) is 10.1. The lowest BCUT2D eigenvalue weighted by Crippen LogP contribution is -2.61. The summed E-state index contributed by atoms with van der Waals surface area (Å²) in [6, 6.07) is -1.14. The lowest BCUT2D eigenvalue weighted by atomic mass is 9.78. The fourth-order valence-electron chi connectivity index (χ4n) is 10.1. The van der Waals surface area contributed by atoms with Crippen LogP contribution in [0.3, 0.4) is 0 Å². The summed E-state index contributed by atoms with van der Waals surface area (Å²) in [5.41, 5.74) is 1.27. The van der Waals surface area contributed by atoms with Gasteiger partial charge in [-0.3, -0.25) is 19.2 Å². The molecule has 3 N–H and O–H groups in total. The van der Waals surface area contributed by atoms with Crippen LogP contribution in [-0.2, 0) is 47.7 Å². The predicted octanol–water partition coefficient (Wildman–Crippen LogP) is 6.18. The minimum atomic E-state index is -2.43. The van der Waals surface area contributed by atoms with Gasteiger partial charge in [-0.25, -0.2) is 4.79 Å². The van der Waals surface area contributed by atoms with Crippen LogP contribution in [-0.4, -0.2) is 132 Å². The largest absolute Gasteiger partial charge is 0.460 e. The van der Waals surface area contributed by atoms with Crippen LogP contribution in [0.2, 0.25) is 0 Å². The number of carbonyl (C=O) groups is 5. The predicted molar refractivity (Wildman–Crippen MR) is 245 cm³/mol. The van der Waals surface area contributed by atoms with Crippen LogP contribution in [0, 0.1) is 35.5 Å². The zero-order valence-corrected chi connectivity index (χ0v) is 40.6. The highest BCUT2D eigenvalue weighted by atomic mass is 16.6. The topological polar surface area (TPSA) is 195 Å². The number of carbonyl (C=O) groups excluding carboxylic acids is 5. The van der Waals surface area contributed by atoms with Crippen LogP contribution in [0.1, 0.15) is 126 Å². The number of nitrogens with zero attached hydrogens (tertiary/aromatic N) is 1. The average molecular weight is 914 g/mol. The molecule has 2 bridgehead atoms. The summed E-state index contributed by atoms with van der Waals surface area (Å²) in [6.07, 6.45) is 11.2. The number of methoxy groups -OCH3 is 3. The zero-order chi connectivity index (χ0) is 48.2. The van der Waals surface area contributed by atoms with Gasteiger partial charge in [0.25, 0.3) is 11.7 Å². The number of rotatable bonds is 6. The Morgan fingerprint density at radius 3 is 2.25 bits per heavy atom. The van der Waals surface area contributed by atoms with Crippen molar-refractivity contribution in [3.05, 3.63) is 47.6 Å². The summed E-state index contributed by atoms with van der Waals surface area (Å²) in [7, 11) is 4.52. The maximum atomic E-state index is 14.4. The van der Waals surface area contributed by atoms with E-state index in [4.69, 9.17) is 23.7 Å². The Morgan fingerprint density at radius 2 is 1.57 bits per heavy atom. The molecular formula is C51H79NO13. The molecule has 1 saturated carbocycles. The number of ether oxygens (including phenoxy) is 5. The Labute approximate surface area is 387 Å². The second kappa shape index (κ2) is 25.1. The molecule has 366 valence electrons. The third kappa shape index (κ3) is 14.3. The number of aliphatic hydroxyl groups is 3. The minimum Gasteiger partial charge on any atom is -0.460 e. The Bertz CT molecular complexity index is 1760. The standard InChI is InChI=1S/C51H79NO13/c1-30-16-12-11-13-17-31(2)42(61-8)28-38-21-19-36(7)51(60,65-38)48(57)49(58)52-23-15-14-18-39(52)50(59)64-43(33(4)26-37-20-22-40(53)44(27-37)62-9)29-41(54)32(3)25-35(6)46(56)47(63-10)45(55)34(5)24-30/h11-13,16-17,25,30,32-34,36-40,42-44,46-47,53,56,60H,14-15,18-24,26-29H2,1-10H3/b13-11?,16-12+,31-17?,35-25+/t30-,32-,33-,34?,36?,37+,38+,39?,40?,42+,43+,44-,46?,47+,51?/m1/s1. The normalized spacial score (nSPS) is 39.1. The smallest absolute Gasteiger partial charge is 0.329 e. The molecule has 3 heterocycles. The second-order valence-corrected chi connectivity index (χ2v) is 19.6. The van der Waals surface area contributed by atoms with Gasteiger partial charge in [0, 0.05) is 58.5 Å². The molecule has 0 spiro atoms. The molecular weight excluding hydrogens is 835 g/mol. The van der Waals surface area contributed by atoms with Crippen molar-refractivity contribution in [3.63, 3.8) is 0 Å². The molecule has 0 aromatic heterocycles. The Hall–Kier alpha value is -3.37. The number of aliphatic hydroxyl groups excluding tert-OH is 2.